The van der Waals surface area contributed by atoms with Gasteiger partial charge in [0.2, 0.25) is 94.5 Å². The minimum Gasteiger partial charge on any atom is -0.508 e. The standard InChI is InChI=1S/C84H123N17O28S2/c1-8-45(4)70(82(127)94-57(35-51-19-23-53(107)24-20-51)76(121)90-55(32-44(2)3)75(120)92-59(36-68(114)115)74(119)88-46(5)14-12-13-27-85)99-81(126)62(40-103)96-77(122)56(34-50-17-21-52(106)22-18-50)91-78(123)60(37-69(116)117)93-80(125)61(39-102)97-84(129)72(48(7)105)100-79(124)58(33-49-15-10-9-11-16-49)95-83(128)71(47(6)104)98-63(108)38-87-73(118)54(25-26-67(112)113)89-65(110)42-131-41-64(109)86-28-29-101-30-31-130-43-66(101)111/h9-11,15-24,44-48,54-62,70-72,102-107H,8,12-14,25-43,85H2,1-7H3,(H,86,109)(H,87,118)(H,88,119)(H,89,110)(H,90,121)(H,91,123)(H,92,120)(H,93,125)(H,94,127)(H,95,128)(H,96,122)(H,97,129)(H,98,108)(H,99,126)(H,100,124)(H,112,113)(H,114,115)(H,116,117)/t45-,46+,47+,48+,54-,55-,56-,57-,58-,59-,60-,61-,62-,70-,71-,72-/m0/s1. The molecule has 0 saturated carbocycles. The Labute approximate surface area is 763 Å². The van der Waals surface area contributed by atoms with Crippen molar-refractivity contribution < 1.29 is 137 Å². The van der Waals surface area contributed by atoms with Crippen LogP contribution in [0.1, 0.15) is 123 Å². The van der Waals surface area contributed by atoms with E-state index in [1.807, 2.05) is 0 Å². The lowest BCUT2D eigenvalue weighted by atomic mass is 9.96. The van der Waals surface area contributed by atoms with Gasteiger partial charge in [-0.2, -0.15) is 11.8 Å². The Morgan fingerprint density at radius 3 is 1.34 bits per heavy atom. The Balaban J connectivity index is 1.52. The number of nitrogens with one attached hydrogen (secondary N) is 15. The number of phenols is 2. The van der Waals surface area contributed by atoms with E-state index in [0.717, 1.165) is 31.4 Å². The van der Waals surface area contributed by atoms with E-state index in [-0.39, 0.29) is 72.7 Å². The fourth-order valence-corrected chi connectivity index (χ4v) is 14.5. The number of nitrogens with zero attached hydrogens (tertiary/aromatic N) is 1. The zero-order chi connectivity index (χ0) is 97.7. The minimum absolute atomic E-state index is 0.0579. The van der Waals surface area contributed by atoms with Gasteiger partial charge in [-0.3, -0.25) is 91.1 Å². The Hall–Kier alpha value is -12.3. The number of thioether (sulfide) groups is 2. The predicted octanol–water partition coefficient (Wildman–Crippen LogP) is -6.23. The number of aromatic hydroxyl groups is 2. The number of carbonyl (C=O) groups is 19. The number of carboxylic acid groups (broad SMARTS) is 3. The quantitative estimate of drug-likeness (QED) is 0.0234. The van der Waals surface area contributed by atoms with E-state index in [4.69, 9.17) is 5.73 Å². The van der Waals surface area contributed by atoms with Gasteiger partial charge in [0.05, 0.1) is 62.1 Å². The fourth-order valence-electron chi connectivity index (χ4n) is 12.9. The third-order valence-corrected chi connectivity index (χ3v) is 22.2. The largest absolute Gasteiger partial charge is 0.508 e. The first kappa shape index (κ1) is 111. The van der Waals surface area contributed by atoms with Crippen molar-refractivity contribution in [1.29, 1.82) is 0 Å². The summed E-state index contributed by atoms with van der Waals surface area (Å²) >= 11 is 2.36. The number of amides is 16. The molecule has 16 amide bonds. The van der Waals surface area contributed by atoms with Gasteiger partial charge in [-0.15, -0.1) is 11.8 Å². The molecular weight excluding hydrogens is 1760 g/mol. The second-order valence-corrected chi connectivity index (χ2v) is 33.8. The summed E-state index contributed by atoms with van der Waals surface area (Å²) in [5.41, 5.74) is 6.50. The molecule has 1 saturated heterocycles. The molecule has 0 aromatic heterocycles. The van der Waals surface area contributed by atoms with E-state index >= 15 is 0 Å². The zero-order valence-electron chi connectivity index (χ0n) is 73.7. The molecule has 47 heteroatoms. The maximum atomic E-state index is 14.7. The van der Waals surface area contributed by atoms with Gasteiger partial charge >= 0.3 is 17.9 Å². The molecule has 45 nitrogen and oxygen atoms in total. The number of aliphatic hydroxyl groups excluding tert-OH is 4. The topological polar surface area (TPSA) is 716 Å². The number of unbranched alkanes of at least 4 members (excludes halogenated alkanes) is 1. The highest BCUT2D eigenvalue weighted by Crippen LogP contribution is 2.19. The summed E-state index contributed by atoms with van der Waals surface area (Å²) in [5, 5.41) is 128. The van der Waals surface area contributed by atoms with Gasteiger partial charge in [-0.1, -0.05) is 95.1 Å². The van der Waals surface area contributed by atoms with Crippen molar-refractivity contribution >= 4 is 136 Å². The van der Waals surface area contributed by atoms with Gasteiger partial charge in [-0.05, 0) is 106 Å². The van der Waals surface area contributed by atoms with E-state index in [2.05, 4.69) is 79.8 Å². The van der Waals surface area contributed by atoms with E-state index < -0.39 is 261 Å². The summed E-state index contributed by atoms with van der Waals surface area (Å²) < 4.78 is 0. The van der Waals surface area contributed by atoms with E-state index in [9.17, 15) is 137 Å². The van der Waals surface area contributed by atoms with Gasteiger partial charge in [0.15, 0.2) is 0 Å². The molecule has 0 unspecified atom stereocenters. The molecule has 0 bridgehead atoms. The average molecular weight is 1880 g/mol. The van der Waals surface area contributed by atoms with E-state index in [0.29, 0.717) is 49.2 Å². The van der Waals surface area contributed by atoms with Crippen LogP contribution in [-0.4, -0.2) is 323 Å². The Bertz CT molecular complexity index is 4370. The van der Waals surface area contributed by atoms with Crippen LogP contribution in [0.25, 0.3) is 0 Å². The third kappa shape index (κ3) is 41.1. The first-order chi connectivity index (χ1) is 61.9. The predicted molar refractivity (Wildman–Crippen MR) is 473 cm³/mol. The van der Waals surface area contributed by atoms with Gasteiger partial charge in [0.25, 0.3) is 0 Å². The minimum atomic E-state index is -2.23. The molecule has 26 N–H and O–H groups in total. The lowest BCUT2D eigenvalue weighted by Crippen LogP contribution is -2.63. The van der Waals surface area contributed by atoms with Gasteiger partial charge in [-0.25, -0.2) is 0 Å². The molecule has 3 aromatic rings. The van der Waals surface area contributed by atoms with Crippen LogP contribution in [0.3, 0.4) is 0 Å². The van der Waals surface area contributed by atoms with Crippen molar-refractivity contribution in [3.8, 4) is 11.5 Å². The molecule has 131 heavy (non-hydrogen) atoms. The first-order valence-corrected chi connectivity index (χ1v) is 44.7. The van der Waals surface area contributed by atoms with Crippen molar-refractivity contribution in [3.05, 3.63) is 95.6 Å². The monoisotopic (exact) mass is 1880 g/mol. The molecule has 0 spiro atoms. The molecule has 1 fully saturated rings. The Morgan fingerprint density at radius 2 is 0.863 bits per heavy atom. The van der Waals surface area contributed by atoms with Crippen LogP contribution in [-0.2, 0) is 110 Å². The van der Waals surface area contributed by atoms with Crippen LogP contribution in [0, 0.1) is 11.8 Å². The second-order valence-electron chi connectivity index (χ2n) is 31.7. The van der Waals surface area contributed by atoms with E-state index in [1.54, 1.807) is 50.8 Å². The van der Waals surface area contributed by atoms with Crippen LogP contribution >= 0.6 is 23.5 Å². The average Bonchev–Trinajstić information content (AvgIpc) is 0.834. The molecule has 1 aliphatic rings. The Kier molecular flexibility index (Phi) is 48.9. The third-order valence-electron chi connectivity index (χ3n) is 20.3. The number of hydrogen-bond acceptors (Lipinski definition) is 28. The summed E-state index contributed by atoms with van der Waals surface area (Å²) in [5.74, 6) is -22.3. The number of nitrogens with two attached hydrogens (primary N) is 1. The van der Waals surface area contributed by atoms with Crippen molar-refractivity contribution in [1.82, 2.24) is 84.7 Å². The number of rotatable bonds is 59. The number of aliphatic carboxylic acids is 3. The van der Waals surface area contributed by atoms with E-state index in [1.165, 1.54) is 79.3 Å². The molecule has 0 aliphatic carbocycles. The normalized spacial score (nSPS) is 15.5. The number of carbonyl (C=O) groups excluding carboxylic acids is 16. The van der Waals surface area contributed by atoms with Gasteiger partial charge in [0, 0.05) is 57.1 Å². The van der Waals surface area contributed by atoms with Crippen LogP contribution in [0.4, 0.5) is 0 Å². The van der Waals surface area contributed by atoms with Crippen molar-refractivity contribution in [2.45, 2.75) is 216 Å². The van der Waals surface area contributed by atoms with Gasteiger partial charge < -0.3 is 136 Å². The number of phenolic OH excluding ortho intramolecular Hbond substituents is 2. The SMILES string of the molecule is CC[C@H](C)[C@H](NC(=O)[C@H](CO)NC(=O)[C@H](Cc1ccc(O)cc1)NC(=O)[C@H](CC(=O)O)NC(=O)[C@H](CO)NC(=O)[C@@H](NC(=O)[C@H](Cc1ccccc1)NC(=O)[C@@H](NC(=O)CNC(=O)[C@H](CCC(=O)O)NC(=O)CSCC(=O)NCCN1CCSCC1=O)[C@@H](C)O)[C@@H](C)O)C(=O)N[C@@H](Cc1ccc(O)cc1)C(=O)N[C@@H](CC(C)C)C(=O)N[C@@H](CC(=O)O)C(=O)N[C@H](C)CCCCN. The van der Waals surface area contributed by atoms with Crippen LogP contribution in [0.5, 0.6) is 11.5 Å². The summed E-state index contributed by atoms with van der Waals surface area (Å²) in [7, 11) is 0. The fraction of sp³-hybridized carbons (Fsp3) is 0.560. The molecule has 1 heterocycles. The van der Waals surface area contributed by atoms with Crippen molar-refractivity contribution in [3.63, 3.8) is 0 Å². The number of benzene rings is 3. The lowest BCUT2D eigenvalue weighted by molar-refractivity contribution is -0.142. The van der Waals surface area contributed by atoms with Gasteiger partial charge in [0.1, 0.15) is 84.0 Å². The van der Waals surface area contributed by atoms with Crippen molar-refractivity contribution in [2.75, 3.05) is 68.9 Å². The highest BCUT2D eigenvalue weighted by Gasteiger charge is 2.40. The maximum absolute atomic E-state index is 14.7. The smallest absolute Gasteiger partial charge is 0.305 e. The molecule has 0 radical (unpaired) electrons. The maximum Gasteiger partial charge on any atom is 0.305 e. The molecule has 724 valence electrons. The molecule has 1 aliphatic heterocycles. The molecule has 4 rings (SSSR count). The Morgan fingerprint density at radius 1 is 0.443 bits per heavy atom. The summed E-state index contributed by atoms with van der Waals surface area (Å²) in [6.45, 7) is 8.19. The summed E-state index contributed by atoms with van der Waals surface area (Å²) in [6, 6.07) is -4.23. The molecule has 3 aromatic carbocycles. The zero-order valence-corrected chi connectivity index (χ0v) is 75.3. The summed E-state index contributed by atoms with van der Waals surface area (Å²) in [6.07, 6.45) is -6.34. The van der Waals surface area contributed by atoms with Crippen molar-refractivity contribution in [2.24, 2.45) is 17.6 Å². The number of carboxylic acids is 3. The number of aliphatic hydroxyl groups is 4. The highest BCUT2D eigenvalue weighted by atomic mass is 32.2. The lowest BCUT2D eigenvalue weighted by Gasteiger charge is -2.30. The first-order valence-electron chi connectivity index (χ1n) is 42.4. The highest BCUT2D eigenvalue weighted by molar-refractivity contribution is 8.00. The van der Waals surface area contributed by atoms with Crippen LogP contribution in [0.2, 0.25) is 0 Å². The summed E-state index contributed by atoms with van der Waals surface area (Å²) in [4.78, 5) is 259. The molecule has 16 atom stereocenters. The second kappa shape index (κ2) is 57.7. The van der Waals surface area contributed by atoms with Crippen LogP contribution in [0.15, 0.2) is 78.9 Å². The number of hydrogen-bond donors (Lipinski definition) is 25. The molecular formula is C84H123N17O28S2. The van der Waals surface area contributed by atoms with Crippen LogP contribution < -0.4 is 85.5 Å².